The number of hydrogen-bond acceptors (Lipinski definition) is 3. The molecule has 0 saturated heterocycles. The molecule has 0 fully saturated rings. The van der Waals surface area contributed by atoms with E-state index in [1.54, 1.807) is 13.3 Å². The van der Waals surface area contributed by atoms with E-state index in [4.69, 9.17) is 4.74 Å². The van der Waals surface area contributed by atoms with Crippen molar-refractivity contribution < 1.29 is 9.53 Å². The van der Waals surface area contributed by atoms with Gasteiger partial charge in [-0.15, -0.1) is 0 Å². The van der Waals surface area contributed by atoms with Crippen LogP contribution in [0.15, 0.2) is 54.7 Å². The highest BCUT2D eigenvalue weighted by molar-refractivity contribution is 6.06. The molecule has 2 heterocycles. The first-order valence-electron chi connectivity index (χ1n) is 8.23. The number of anilines is 1. The molecular formula is C20H18N4O2. The predicted octanol–water partition coefficient (Wildman–Crippen LogP) is 4.13. The zero-order valence-electron chi connectivity index (χ0n) is 14.5. The molecule has 4 aromatic rings. The maximum absolute atomic E-state index is 12.6. The van der Waals surface area contributed by atoms with E-state index in [9.17, 15) is 4.79 Å². The number of rotatable bonds is 4. The van der Waals surface area contributed by atoms with Gasteiger partial charge in [0.05, 0.1) is 12.8 Å². The topological polar surface area (TPSA) is 82.8 Å². The third-order valence-corrected chi connectivity index (χ3v) is 4.34. The lowest BCUT2D eigenvalue weighted by molar-refractivity contribution is 0.102. The van der Waals surface area contributed by atoms with Crippen LogP contribution >= 0.6 is 0 Å². The van der Waals surface area contributed by atoms with Gasteiger partial charge in [-0.05, 0) is 55.0 Å². The highest BCUT2D eigenvalue weighted by Crippen LogP contribution is 2.25. The minimum atomic E-state index is -0.156. The van der Waals surface area contributed by atoms with E-state index < -0.39 is 0 Å². The van der Waals surface area contributed by atoms with Crippen LogP contribution in [0.4, 0.5) is 5.69 Å². The first kappa shape index (κ1) is 16.0. The molecule has 0 spiro atoms. The molecule has 0 aliphatic carbocycles. The lowest BCUT2D eigenvalue weighted by Crippen LogP contribution is -2.12. The van der Waals surface area contributed by atoms with Gasteiger partial charge in [-0.3, -0.25) is 9.89 Å². The number of ether oxygens (including phenoxy) is 1. The Hall–Kier alpha value is -3.54. The smallest absolute Gasteiger partial charge is 0.255 e. The maximum Gasteiger partial charge on any atom is 0.255 e. The fourth-order valence-corrected chi connectivity index (χ4v) is 2.91. The van der Waals surface area contributed by atoms with Gasteiger partial charge in [0.2, 0.25) is 0 Å². The van der Waals surface area contributed by atoms with Gasteiger partial charge < -0.3 is 15.0 Å². The second kappa shape index (κ2) is 6.40. The second-order valence-corrected chi connectivity index (χ2v) is 6.08. The molecule has 2 aromatic heterocycles. The van der Waals surface area contributed by atoms with E-state index in [1.807, 2.05) is 55.5 Å². The third kappa shape index (κ3) is 2.93. The van der Waals surface area contributed by atoms with E-state index in [2.05, 4.69) is 20.5 Å². The number of hydrogen-bond donors (Lipinski definition) is 3. The van der Waals surface area contributed by atoms with Crippen LogP contribution in [0.1, 0.15) is 15.9 Å². The van der Waals surface area contributed by atoms with Gasteiger partial charge in [-0.1, -0.05) is 6.07 Å². The molecule has 0 aliphatic rings. The number of aromatic nitrogens is 3. The number of H-pyrrole nitrogens is 2. The summed E-state index contributed by atoms with van der Waals surface area (Å²) in [6.45, 7) is 1.93. The summed E-state index contributed by atoms with van der Waals surface area (Å²) in [4.78, 5) is 15.9. The minimum absolute atomic E-state index is 0.156. The van der Waals surface area contributed by atoms with Gasteiger partial charge in [-0.25, -0.2) is 0 Å². The molecule has 0 radical (unpaired) electrons. The standard InChI is InChI=1S/C20H18N4O2/c1-12-9-15(26-2)5-6-16(12)23-20(25)14-4-3-13-10-19(22-18(13)11-14)17-7-8-21-24-17/h3-11,22H,1-2H3,(H,21,24)(H,23,25). The summed E-state index contributed by atoms with van der Waals surface area (Å²) in [5.74, 6) is 0.607. The van der Waals surface area contributed by atoms with Crippen LogP contribution in [0.2, 0.25) is 0 Å². The Morgan fingerprint density at radius 3 is 2.73 bits per heavy atom. The SMILES string of the molecule is COc1ccc(NC(=O)c2ccc3cc(-c4cc[nH]n4)[nH]c3c2)c(C)c1. The molecule has 26 heavy (non-hydrogen) atoms. The lowest BCUT2D eigenvalue weighted by atomic mass is 10.1. The summed E-state index contributed by atoms with van der Waals surface area (Å²) in [7, 11) is 1.62. The molecule has 2 aromatic carbocycles. The quantitative estimate of drug-likeness (QED) is 0.520. The Labute approximate surface area is 150 Å². The second-order valence-electron chi connectivity index (χ2n) is 6.08. The van der Waals surface area contributed by atoms with Gasteiger partial charge in [0, 0.05) is 28.4 Å². The maximum atomic E-state index is 12.6. The minimum Gasteiger partial charge on any atom is -0.497 e. The highest BCUT2D eigenvalue weighted by atomic mass is 16.5. The van der Waals surface area contributed by atoms with Crippen molar-refractivity contribution in [1.29, 1.82) is 0 Å². The van der Waals surface area contributed by atoms with Crippen molar-refractivity contribution in [3.8, 4) is 17.1 Å². The number of carbonyl (C=O) groups is 1. The van der Waals surface area contributed by atoms with Crippen LogP contribution in [-0.2, 0) is 0 Å². The largest absolute Gasteiger partial charge is 0.497 e. The van der Waals surface area contributed by atoms with Crippen molar-refractivity contribution in [2.45, 2.75) is 6.92 Å². The molecule has 0 aliphatic heterocycles. The van der Waals surface area contributed by atoms with E-state index >= 15 is 0 Å². The number of benzene rings is 2. The highest BCUT2D eigenvalue weighted by Gasteiger charge is 2.11. The first-order valence-corrected chi connectivity index (χ1v) is 8.23. The molecule has 3 N–H and O–H groups in total. The number of amides is 1. The summed E-state index contributed by atoms with van der Waals surface area (Å²) in [5, 5.41) is 11.0. The molecule has 0 unspecified atom stereocenters. The zero-order valence-corrected chi connectivity index (χ0v) is 14.5. The summed E-state index contributed by atoms with van der Waals surface area (Å²) in [6.07, 6.45) is 1.77. The Balaban J connectivity index is 1.61. The summed E-state index contributed by atoms with van der Waals surface area (Å²) in [5.41, 5.74) is 4.93. The Bertz CT molecular complexity index is 1080. The van der Waals surface area contributed by atoms with Crippen molar-refractivity contribution in [2.24, 2.45) is 0 Å². The first-order chi connectivity index (χ1) is 12.6. The third-order valence-electron chi connectivity index (χ3n) is 4.34. The van der Waals surface area contributed by atoms with Gasteiger partial charge >= 0.3 is 0 Å². The normalized spacial score (nSPS) is 10.8. The number of methoxy groups -OCH3 is 1. The summed E-state index contributed by atoms with van der Waals surface area (Å²) < 4.78 is 5.20. The van der Waals surface area contributed by atoms with Crippen molar-refractivity contribution >= 4 is 22.5 Å². The van der Waals surface area contributed by atoms with E-state index in [0.717, 1.165) is 39.3 Å². The van der Waals surface area contributed by atoms with Crippen molar-refractivity contribution in [3.05, 3.63) is 65.9 Å². The van der Waals surface area contributed by atoms with Gasteiger partial charge in [-0.2, -0.15) is 5.10 Å². The fraction of sp³-hybridized carbons (Fsp3) is 0.100. The van der Waals surface area contributed by atoms with Gasteiger partial charge in [0.1, 0.15) is 11.4 Å². The van der Waals surface area contributed by atoms with Gasteiger partial charge in [0.15, 0.2) is 0 Å². The zero-order chi connectivity index (χ0) is 18.1. The van der Waals surface area contributed by atoms with Crippen LogP contribution in [-0.4, -0.2) is 28.2 Å². The molecule has 1 amide bonds. The number of carbonyl (C=O) groups excluding carboxylic acids is 1. The number of nitrogens with zero attached hydrogens (tertiary/aromatic N) is 1. The van der Waals surface area contributed by atoms with Crippen molar-refractivity contribution in [3.63, 3.8) is 0 Å². The predicted molar refractivity (Wildman–Crippen MR) is 102 cm³/mol. The van der Waals surface area contributed by atoms with Crippen LogP contribution in [0.5, 0.6) is 5.75 Å². The molecular weight excluding hydrogens is 328 g/mol. The van der Waals surface area contributed by atoms with Crippen molar-refractivity contribution in [1.82, 2.24) is 15.2 Å². The Morgan fingerprint density at radius 1 is 1.12 bits per heavy atom. The average Bonchev–Trinajstić information content (AvgIpc) is 3.31. The van der Waals surface area contributed by atoms with E-state index in [0.29, 0.717) is 5.56 Å². The van der Waals surface area contributed by atoms with Crippen LogP contribution in [0.25, 0.3) is 22.3 Å². The Morgan fingerprint density at radius 2 is 2.00 bits per heavy atom. The number of aryl methyl sites for hydroxylation is 1. The fourth-order valence-electron chi connectivity index (χ4n) is 2.91. The van der Waals surface area contributed by atoms with Crippen LogP contribution < -0.4 is 10.1 Å². The molecule has 6 nitrogen and oxygen atoms in total. The molecule has 130 valence electrons. The van der Waals surface area contributed by atoms with E-state index in [1.165, 1.54) is 0 Å². The molecule has 6 heteroatoms. The number of fused-ring (bicyclic) bond motifs is 1. The Kier molecular flexibility index (Phi) is 3.93. The van der Waals surface area contributed by atoms with Gasteiger partial charge in [0.25, 0.3) is 5.91 Å². The summed E-state index contributed by atoms with van der Waals surface area (Å²) >= 11 is 0. The molecule has 4 rings (SSSR count). The molecule has 0 atom stereocenters. The van der Waals surface area contributed by atoms with E-state index in [-0.39, 0.29) is 5.91 Å². The molecule has 0 bridgehead atoms. The van der Waals surface area contributed by atoms with Crippen LogP contribution in [0.3, 0.4) is 0 Å². The van der Waals surface area contributed by atoms with Crippen LogP contribution in [0, 0.1) is 6.92 Å². The van der Waals surface area contributed by atoms with Crippen molar-refractivity contribution in [2.75, 3.05) is 12.4 Å². The lowest BCUT2D eigenvalue weighted by Gasteiger charge is -2.10. The monoisotopic (exact) mass is 346 g/mol. The number of aromatic amines is 2. The summed E-state index contributed by atoms with van der Waals surface area (Å²) in [6, 6.07) is 15.1. The number of nitrogens with one attached hydrogen (secondary N) is 3. The average molecular weight is 346 g/mol. The molecule has 0 saturated carbocycles.